The molecule has 0 aliphatic heterocycles. The first-order chi connectivity index (χ1) is 8.13. The molecule has 0 bridgehead atoms. The van der Waals surface area contributed by atoms with Gasteiger partial charge in [-0.2, -0.15) is 5.10 Å². The summed E-state index contributed by atoms with van der Waals surface area (Å²) < 4.78 is 5.48. The van der Waals surface area contributed by atoms with E-state index in [9.17, 15) is 4.79 Å². The van der Waals surface area contributed by atoms with Crippen LogP contribution in [0.5, 0.6) is 5.75 Å². The molecule has 0 saturated carbocycles. The summed E-state index contributed by atoms with van der Waals surface area (Å²) in [5, 5.41) is 3.96. The van der Waals surface area contributed by atoms with Crippen molar-refractivity contribution in [3.05, 3.63) is 29.8 Å². The summed E-state index contributed by atoms with van der Waals surface area (Å²) in [6, 6.07) is 7.65. The number of rotatable bonds is 5. The Balaban J connectivity index is 2.66. The summed E-state index contributed by atoms with van der Waals surface area (Å²) in [4.78, 5) is 10.7. The number of ether oxygens (including phenoxy) is 1. The maximum Gasteiger partial charge on any atom is 0.236 e. The van der Waals surface area contributed by atoms with Gasteiger partial charge in [0.15, 0.2) is 0 Å². The zero-order valence-electron chi connectivity index (χ0n) is 10.5. The van der Waals surface area contributed by atoms with E-state index in [1.165, 1.54) is 6.92 Å². The molecule has 0 fully saturated rings. The predicted molar refractivity (Wildman–Crippen MR) is 68.3 cm³/mol. The standard InChI is InChI=1S/C13H18N2O2/c1-4-9-17-13-7-5-12(6-8-13)10(2)14-15-11(3)16/h5-8H,4,9H2,1-3H3,(H,15,16)/b14-10-. The third-order valence-corrected chi connectivity index (χ3v) is 2.13. The van der Waals surface area contributed by atoms with E-state index in [-0.39, 0.29) is 5.91 Å². The lowest BCUT2D eigenvalue weighted by atomic mass is 10.1. The molecule has 4 nitrogen and oxygen atoms in total. The minimum atomic E-state index is -0.174. The molecular weight excluding hydrogens is 216 g/mol. The molecule has 1 aromatic rings. The Kier molecular flexibility index (Phi) is 5.20. The van der Waals surface area contributed by atoms with Crippen LogP contribution in [0.1, 0.15) is 32.8 Å². The minimum Gasteiger partial charge on any atom is -0.494 e. The summed E-state index contributed by atoms with van der Waals surface area (Å²) in [6.07, 6.45) is 0.991. The van der Waals surface area contributed by atoms with E-state index in [0.29, 0.717) is 0 Å². The van der Waals surface area contributed by atoms with Crippen LogP contribution in [0.25, 0.3) is 0 Å². The third kappa shape index (κ3) is 4.68. The van der Waals surface area contributed by atoms with Crippen molar-refractivity contribution in [3.8, 4) is 5.75 Å². The molecule has 1 N–H and O–H groups in total. The maximum absolute atomic E-state index is 10.7. The van der Waals surface area contributed by atoms with Crippen molar-refractivity contribution >= 4 is 11.6 Å². The fourth-order valence-electron chi connectivity index (χ4n) is 1.24. The van der Waals surface area contributed by atoms with E-state index in [2.05, 4.69) is 17.5 Å². The smallest absolute Gasteiger partial charge is 0.236 e. The molecule has 1 aromatic carbocycles. The molecule has 0 spiro atoms. The number of hydrazone groups is 1. The van der Waals surface area contributed by atoms with E-state index in [4.69, 9.17) is 4.74 Å². The zero-order chi connectivity index (χ0) is 12.7. The number of hydrogen-bond donors (Lipinski definition) is 1. The first-order valence-electron chi connectivity index (χ1n) is 5.67. The van der Waals surface area contributed by atoms with Crippen molar-refractivity contribution in [2.75, 3.05) is 6.61 Å². The average Bonchev–Trinajstić information content (AvgIpc) is 2.34. The molecule has 0 radical (unpaired) electrons. The van der Waals surface area contributed by atoms with Crippen LogP contribution in [0, 0.1) is 0 Å². The number of nitrogens with zero attached hydrogens (tertiary/aromatic N) is 1. The molecule has 0 saturated heterocycles. The second-order valence-electron chi connectivity index (χ2n) is 3.74. The van der Waals surface area contributed by atoms with E-state index < -0.39 is 0 Å². The van der Waals surface area contributed by atoms with Gasteiger partial charge in [0.1, 0.15) is 5.75 Å². The Morgan fingerprint density at radius 2 is 1.94 bits per heavy atom. The Morgan fingerprint density at radius 3 is 2.47 bits per heavy atom. The van der Waals surface area contributed by atoms with Gasteiger partial charge in [-0.1, -0.05) is 6.92 Å². The van der Waals surface area contributed by atoms with Crippen LogP contribution in [0.15, 0.2) is 29.4 Å². The summed E-state index contributed by atoms with van der Waals surface area (Å²) in [7, 11) is 0. The number of nitrogens with one attached hydrogen (secondary N) is 1. The van der Waals surface area contributed by atoms with Crippen molar-refractivity contribution in [2.45, 2.75) is 27.2 Å². The number of hydrogen-bond acceptors (Lipinski definition) is 3. The Morgan fingerprint density at radius 1 is 1.29 bits per heavy atom. The van der Waals surface area contributed by atoms with Crippen molar-refractivity contribution < 1.29 is 9.53 Å². The molecule has 1 amide bonds. The van der Waals surface area contributed by atoms with Crippen LogP contribution < -0.4 is 10.2 Å². The van der Waals surface area contributed by atoms with Crippen molar-refractivity contribution in [3.63, 3.8) is 0 Å². The Labute approximate surface area is 102 Å². The molecule has 4 heteroatoms. The zero-order valence-corrected chi connectivity index (χ0v) is 10.5. The van der Waals surface area contributed by atoms with Gasteiger partial charge in [-0.15, -0.1) is 0 Å². The normalized spacial score (nSPS) is 11.1. The van der Waals surface area contributed by atoms with Gasteiger partial charge >= 0.3 is 0 Å². The molecule has 0 heterocycles. The van der Waals surface area contributed by atoms with E-state index >= 15 is 0 Å². The predicted octanol–water partition coefficient (Wildman–Crippen LogP) is 2.34. The molecule has 0 unspecified atom stereocenters. The average molecular weight is 234 g/mol. The van der Waals surface area contributed by atoms with Gasteiger partial charge in [-0.05, 0) is 43.2 Å². The van der Waals surface area contributed by atoms with E-state index in [1.807, 2.05) is 31.2 Å². The van der Waals surface area contributed by atoms with Crippen LogP contribution >= 0.6 is 0 Å². The number of amides is 1. The summed E-state index contributed by atoms with van der Waals surface area (Å²) in [6.45, 7) is 6.06. The van der Waals surface area contributed by atoms with E-state index in [1.54, 1.807) is 0 Å². The Hall–Kier alpha value is -1.84. The van der Waals surface area contributed by atoms with Gasteiger partial charge in [0.2, 0.25) is 5.91 Å². The van der Waals surface area contributed by atoms with Crippen LogP contribution in [0.4, 0.5) is 0 Å². The van der Waals surface area contributed by atoms with Crippen LogP contribution in [-0.4, -0.2) is 18.2 Å². The third-order valence-electron chi connectivity index (χ3n) is 2.13. The van der Waals surface area contributed by atoms with Gasteiger partial charge in [-0.25, -0.2) is 5.43 Å². The fourth-order valence-corrected chi connectivity index (χ4v) is 1.24. The molecule has 1 rings (SSSR count). The van der Waals surface area contributed by atoms with Gasteiger partial charge in [0, 0.05) is 6.92 Å². The highest BCUT2D eigenvalue weighted by molar-refractivity contribution is 5.99. The van der Waals surface area contributed by atoms with Gasteiger partial charge < -0.3 is 4.74 Å². The van der Waals surface area contributed by atoms with Gasteiger partial charge in [0.05, 0.1) is 12.3 Å². The largest absolute Gasteiger partial charge is 0.494 e. The highest BCUT2D eigenvalue weighted by Gasteiger charge is 1.99. The van der Waals surface area contributed by atoms with Crippen molar-refractivity contribution in [2.24, 2.45) is 5.10 Å². The maximum atomic E-state index is 10.7. The number of carbonyl (C=O) groups is 1. The fraction of sp³-hybridized carbons (Fsp3) is 0.385. The minimum absolute atomic E-state index is 0.174. The summed E-state index contributed by atoms with van der Waals surface area (Å²) in [5.74, 6) is 0.676. The monoisotopic (exact) mass is 234 g/mol. The number of carbonyl (C=O) groups excluding carboxylic acids is 1. The topological polar surface area (TPSA) is 50.7 Å². The highest BCUT2D eigenvalue weighted by atomic mass is 16.5. The Bertz CT molecular complexity index is 396. The van der Waals surface area contributed by atoms with Gasteiger partial charge in [-0.3, -0.25) is 4.79 Å². The second kappa shape index (κ2) is 6.68. The molecule has 0 aliphatic carbocycles. The molecule has 0 atom stereocenters. The second-order valence-corrected chi connectivity index (χ2v) is 3.74. The quantitative estimate of drug-likeness (QED) is 0.628. The SMILES string of the molecule is CCCOc1ccc(/C(C)=N\NC(C)=O)cc1. The lowest BCUT2D eigenvalue weighted by molar-refractivity contribution is -0.118. The van der Waals surface area contributed by atoms with Crippen molar-refractivity contribution in [1.82, 2.24) is 5.43 Å². The van der Waals surface area contributed by atoms with Crippen LogP contribution in [-0.2, 0) is 4.79 Å². The molecule has 0 aromatic heterocycles. The molecule has 17 heavy (non-hydrogen) atoms. The van der Waals surface area contributed by atoms with Crippen LogP contribution in [0.3, 0.4) is 0 Å². The first kappa shape index (κ1) is 13.2. The molecule has 92 valence electrons. The van der Waals surface area contributed by atoms with E-state index in [0.717, 1.165) is 30.1 Å². The first-order valence-corrected chi connectivity index (χ1v) is 5.67. The van der Waals surface area contributed by atoms with Gasteiger partial charge in [0.25, 0.3) is 0 Å². The number of benzene rings is 1. The highest BCUT2D eigenvalue weighted by Crippen LogP contribution is 2.12. The molecule has 0 aliphatic rings. The lowest BCUT2D eigenvalue weighted by Gasteiger charge is -2.05. The van der Waals surface area contributed by atoms with Crippen molar-refractivity contribution in [1.29, 1.82) is 0 Å². The summed E-state index contributed by atoms with van der Waals surface area (Å²) in [5.41, 5.74) is 4.14. The van der Waals surface area contributed by atoms with Crippen LogP contribution in [0.2, 0.25) is 0 Å². The summed E-state index contributed by atoms with van der Waals surface area (Å²) >= 11 is 0. The molecular formula is C13H18N2O2. The lowest BCUT2D eigenvalue weighted by Crippen LogP contribution is -2.14.